The summed E-state index contributed by atoms with van der Waals surface area (Å²) in [5, 5.41) is 6.06. The Hall–Kier alpha value is -0.690. The molecule has 1 fully saturated rings. The number of carbonyl (C=O) groups is 1. The Morgan fingerprint density at radius 2 is 2.37 bits per heavy atom. The molecule has 0 aromatic rings. The van der Waals surface area contributed by atoms with Crippen molar-refractivity contribution in [2.75, 3.05) is 53.5 Å². The average Bonchev–Trinajstić information content (AvgIpc) is 2.42. The number of hydrogen-bond donors (Lipinski definition) is 2. The van der Waals surface area contributed by atoms with E-state index < -0.39 is 0 Å². The lowest BCUT2D eigenvalue weighted by atomic mass is 10.2. The molecule has 1 heterocycles. The molecular formula is C13H27N3O3. The van der Waals surface area contributed by atoms with E-state index in [1.54, 1.807) is 0 Å². The standard InChI is InChI=1S/C13H27N3O3/c1-4-18-11(5-7-16(2)3)9-15-13(17)12-10-14-6-8-19-12/h11-12,14H,4-10H2,1-3H3,(H,15,17)/t11?,12-/m1/s1. The molecule has 6 nitrogen and oxygen atoms in total. The molecule has 2 N–H and O–H groups in total. The number of rotatable bonds is 8. The third-order valence-corrected chi connectivity index (χ3v) is 3.02. The van der Waals surface area contributed by atoms with Crippen LogP contribution in [-0.2, 0) is 14.3 Å². The molecule has 0 aromatic carbocycles. The minimum atomic E-state index is -0.370. The zero-order chi connectivity index (χ0) is 14.1. The van der Waals surface area contributed by atoms with Crippen LogP contribution in [-0.4, -0.2) is 76.5 Å². The highest BCUT2D eigenvalue weighted by Gasteiger charge is 2.22. The van der Waals surface area contributed by atoms with Crippen molar-refractivity contribution in [3.05, 3.63) is 0 Å². The quantitative estimate of drug-likeness (QED) is 0.621. The zero-order valence-electron chi connectivity index (χ0n) is 12.3. The number of hydrogen-bond acceptors (Lipinski definition) is 5. The number of nitrogens with one attached hydrogen (secondary N) is 2. The van der Waals surface area contributed by atoms with Crippen LogP contribution in [0.15, 0.2) is 0 Å². The molecule has 0 spiro atoms. The Morgan fingerprint density at radius 3 is 2.95 bits per heavy atom. The molecule has 19 heavy (non-hydrogen) atoms. The Balaban J connectivity index is 2.26. The predicted molar refractivity (Wildman–Crippen MR) is 74.2 cm³/mol. The molecule has 1 aliphatic rings. The fourth-order valence-electron chi connectivity index (χ4n) is 1.94. The van der Waals surface area contributed by atoms with Gasteiger partial charge in [0.05, 0.1) is 12.7 Å². The van der Waals surface area contributed by atoms with Gasteiger partial charge in [-0.2, -0.15) is 0 Å². The Bertz CT molecular complexity index is 256. The lowest BCUT2D eigenvalue weighted by molar-refractivity contribution is -0.134. The van der Waals surface area contributed by atoms with Gasteiger partial charge in [-0.1, -0.05) is 0 Å². The van der Waals surface area contributed by atoms with Gasteiger partial charge in [0.15, 0.2) is 0 Å². The third kappa shape index (κ3) is 6.87. The highest BCUT2D eigenvalue weighted by molar-refractivity contribution is 5.81. The van der Waals surface area contributed by atoms with Crippen molar-refractivity contribution in [3.8, 4) is 0 Å². The molecule has 1 saturated heterocycles. The first-order chi connectivity index (χ1) is 9.13. The molecule has 1 unspecified atom stereocenters. The van der Waals surface area contributed by atoms with E-state index in [1.165, 1.54) is 0 Å². The Kier molecular flexibility index (Phi) is 7.97. The van der Waals surface area contributed by atoms with Crippen molar-refractivity contribution in [2.45, 2.75) is 25.6 Å². The highest BCUT2D eigenvalue weighted by Crippen LogP contribution is 2.00. The smallest absolute Gasteiger partial charge is 0.250 e. The van der Waals surface area contributed by atoms with Gasteiger partial charge in [0.25, 0.3) is 5.91 Å². The summed E-state index contributed by atoms with van der Waals surface area (Å²) in [6, 6.07) is 0. The molecule has 0 aliphatic carbocycles. The largest absolute Gasteiger partial charge is 0.377 e. The first kappa shape index (κ1) is 16.4. The van der Waals surface area contributed by atoms with Gasteiger partial charge in [0.1, 0.15) is 6.10 Å². The van der Waals surface area contributed by atoms with E-state index in [0.29, 0.717) is 26.3 Å². The van der Waals surface area contributed by atoms with E-state index in [0.717, 1.165) is 19.5 Å². The monoisotopic (exact) mass is 273 g/mol. The lowest BCUT2D eigenvalue weighted by Gasteiger charge is -2.24. The topological polar surface area (TPSA) is 62.8 Å². The van der Waals surface area contributed by atoms with E-state index in [9.17, 15) is 4.79 Å². The maximum Gasteiger partial charge on any atom is 0.250 e. The molecular weight excluding hydrogens is 246 g/mol. The Labute approximate surface area is 115 Å². The van der Waals surface area contributed by atoms with Crippen LogP contribution in [0.3, 0.4) is 0 Å². The van der Waals surface area contributed by atoms with E-state index >= 15 is 0 Å². The van der Waals surface area contributed by atoms with Gasteiger partial charge in [-0.25, -0.2) is 0 Å². The number of carbonyl (C=O) groups excluding carboxylic acids is 1. The minimum Gasteiger partial charge on any atom is -0.377 e. The van der Waals surface area contributed by atoms with Crippen LogP contribution >= 0.6 is 0 Å². The van der Waals surface area contributed by atoms with Gasteiger partial charge in [-0.15, -0.1) is 0 Å². The SMILES string of the molecule is CCOC(CCN(C)C)CNC(=O)[C@H]1CNCCO1. The molecule has 1 amide bonds. The molecule has 6 heteroatoms. The van der Waals surface area contributed by atoms with Crippen molar-refractivity contribution in [3.63, 3.8) is 0 Å². The lowest BCUT2D eigenvalue weighted by Crippen LogP contribution is -2.49. The second kappa shape index (κ2) is 9.25. The fourth-order valence-corrected chi connectivity index (χ4v) is 1.94. The average molecular weight is 273 g/mol. The van der Waals surface area contributed by atoms with Gasteiger partial charge in [-0.05, 0) is 27.4 Å². The molecule has 0 bridgehead atoms. The van der Waals surface area contributed by atoms with Crippen LogP contribution < -0.4 is 10.6 Å². The van der Waals surface area contributed by atoms with Gasteiger partial charge in [0, 0.05) is 32.8 Å². The van der Waals surface area contributed by atoms with Crippen molar-refractivity contribution in [1.29, 1.82) is 0 Å². The third-order valence-electron chi connectivity index (χ3n) is 3.02. The maximum atomic E-state index is 11.9. The molecule has 1 rings (SSSR count). The molecule has 0 radical (unpaired) electrons. The summed E-state index contributed by atoms with van der Waals surface area (Å²) in [4.78, 5) is 14.0. The van der Waals surface area contributed by atoms with Crippen molar-refractivity contribution >= 4 is 5.91 Å². The summed E-state index contributed by atoms with van der Waals surface area (Å²) in [6.07, 6.45) is 0.600. The summed E-state index contributed by atoms with van der Waals surface area (Å²) in [5.41, 5.74) is 0. The number of nitrogens with zero attached hydrogens (tertiary/aromatic N) is 1. The van der Waals surface area contributed by atoms with Gasteiger partial charge < -0.3 is 25.0 Å². The number of morpholine rings is 1. The molecule has 2 atom stereocenters. The van der Waals surface area contributed by atoms with E-state index in [2.05, 4.69) is 15.5 Å². The summed E-state index contributed by atoms with van der Waals surface area (Å²) < 4.78 is 11.0. The van der Waals surface area contributed by atoms with Gasteiger partial charge >= 0.3 is 0 Å². The van der Waals surface area contributed by atoms with Crippen LogP contribution in [0.25, 0.3) is 0 Å². The minimum absolute atomic E-state index is 0.0539. The normalized spacial score (nSPS) is 21.4. The van der Waals surface area contributed by atoms with Gasteiger partial charge in [-0.3, -0.25) is 4.79 Å². The molecule has 0 saturated carbocycles. The van der Waals surface area contributed by atoms with E-state index in [4.69, 9.17) is 9.47 Å². The summed E-state index contributed by atoms with van der Waals surface area (Å²) >= 11 is 0. The van der Waals surface area contributed by atoms with E-state index in [1.807, 2.05) is 21.0 Å². The Morgan fingerprint density at radius 1 is 1.58 bits per heavy atom. The van der Waals surface area contributed by atoms with E-state index in [-0.39, 0.29) is 18.1 Å². The van der Waals surface area contributed by atoms with Crippen LogP contribution in [0, 0.1) is 0 Å². The summed E-state index contributed by atoms with van der Waals surface area (Å²) in [7, 11) is 4.06. The van der Waals surface area contributed by atoms with Crippen LogP contribution in [0.4, 0.5) is 0 Å². The first-order valence-electron chi connectivity index (χ1n) is 6.99. The second-order valence-electron chi connectivity index (χ2n) is 4.98. The highest BCUT2D eigenvalue weighted by atomic mass is 16.5. The van der Waals surface area contributed by atoms with Crippen LogP contribution in [0.5, 0.6) is 0 Å². The fraction of sp³-hybridized carbons (Fsp3) is 0.923. The maximum absolute atomic E-state index is 11.9. The van der Waals surface area contributed by atoms with Crippen LogP contribution in [0.2, 0.25) is 0 Å². The zero-order valence-corrected chi connectivity index (χ0v) is 12.3. The van der Waals surface area contributed by atoms with Crippen molar-refractivity contribution in [1.82, 2.24) is 15.5 Å². The molecule has 0 aromatic heterocycles. The number of amides is 1. The molecule has 112 valence electrons. The number of ether oxygens (including phenoxy) is 2. The summed E-state index contributed by atoms with van der Waals surface area (Å²) in [5.74, 6) is -0.0539. The molecule has 1 aliphatic heterocycles. The predicted octanol–water partition coefficient (Wildman–Crippen LogP) is -0.552. The second-order valence-corrected chi connectivity index (χ2v) is 4.98. The van der Waals surface area contributed by atoms with Crippen molar-refractivity contribution < 1.29 is 14.3 Å². The van der Waals surface area contributed by atoms with Gasteiger partial charge in [0.2, 0.25) is 0 Å². The first-order valence-corrected chi connectivity index (χ1v) is 6.99. The van der Waals surface area contributed by atoms with Crippen LogP contribution in [0.1, 0.15) is 13.3 Å². The van der Waals surface area contributed by atoms with Crippen molar-refractivity contribution in [2.24, 2.45) is 0 Å². The summed E-state index contributed by atoms with van der Waals surface area (Å²) in [6.45, 7) is 6.11.